The molecule has 0 aliphatic carbocycles. The van der Waals surface area contributed by atoms with Gasteiger partial charge in [-0.15, -0.1) is 0 Å². The van der Waals surface area contributed by atoms with E-state index in [0.717, 1.165) is 11.1 Å². The van der Waals surface area contributed by atoms with Gasteiger partial charge in [0.2, 0.25) is 0 Å². The van der Waals surface area contributed by atoms with Crippen LogP contribution in [-0.2, 0) is 9.59 Å². The normalized spacial score (nSPS) is 15.1. The second kappa shape index (κ2) is 8.71. The molecule has 36 heavy (non-hydrogen) atoms. The van der Waals surface area contributed by atoms with Crippen molar-refractivity contribution in [1.29, 1.82) is 0 Å². The van der Waals surface area contributed by atoms with Crippen LogP contribution in [-0.4, -0.2) is 18.9 Å². The lowest BCUT2D eigenvalue weighted by Crippen LogP contribution is -2.27. The number of nitrogens with zero attached hydrogens (tertiary/aromatic N) is 2. The van der Waals surface area contributed by atoms with Crippen molar-refractivity contribution < 1.29 is 14.3 Å². The summed E-state index contributed by atoms with van der Waals surface area (Å²) in [6.07, 6.45) is 0. The molecule has 2 aliphatic rings. The monoisotopic (exact) mass is 470 g/mol. The standard InChI is InChI=1S/C31H22N2O3/c1-36-25-19-17-24(18-20-25)33-29-27(22-13-7-3-8-14-22)30(34)32(23-15-9-4-10-16-23)28(29)26(31(33)35)21-11-5-2-6-12-21/h2-20H,1H3. The van der Waals surface area contributed by atoms with Crippen LogP contribution >= 0.6 is 0 Å². The summed E-state index contributed by atoms with van der Waals surface area (Å²) < 4.78 is 5.33. The van der Waals surface area contributed by atoms with Gasteiger partial charge in [0.05, 0.1) is 29.7 Å². The van der Waals surface area contributed by atoms with Crippen LogP contribution in [0.2, 0.25) is 0 Å². The molecule has 0 bridgehead atoms. The molecule has 0 N–H and O–H groups in total. The number of rotatable bonds is 5. The third-order valence-electron chi connectivity index (χ3n) is 6.45. The van der Waals surface area contributed by atoms with Gasteiger partial charge in [0.15, 0.2) is 0 Å². The quantitative estimate of drug-likeness (QED) is 0.364. The van der Waals surface area contributed by atoms with Crippen molar-refractivity contribution in [3.8, 4) is 5.75 Å². The number of benzene rings is 4. The average molecular weight is 471 g/mol. The summed E-state index contributed by atoms with van der Waals surface area (Å²) in [5, 5.41) is 0. The minimum atomic E-state index is -0.182. The van der Waals surface area contributed by atoms with Crippen LogP contribution in [0.5, 0.6) is 5.75 Å². The molecule has 2 amide bonds. The van der Waals surface area contributed by atoms with Crippen LogP contribution in [0, 0.1) is 0 Å². The van der Waals surface area contributed by atoms with Crippen LogP contribution in [0.1, 0.15) is 11.1 Å². The highest BCUT2D eigenvalue weighted by atomic mass is 16.5. The number of hydrogen-bond acceptors (Lipinski definition) is 3. The number of carbonyl (C=O) groups is 2. The lowest BCUT2D eigenvalue weighted by Gasteiger charge is -2.20. The van der Waals surface area contributed by atoms with Crippen LogP contribution in [0.3, 0.4) is 0 Å². The zero-order chi connectivity index (χ0) is 24.6. The minimum absolute atomic E-state index is 0.170. The van der Waals surface area contributed by atoms with Crippen LogP contribution in [0.4, 0.5) is 11.4 Å². The summed E-state index contributed by atoms with van der Waals surface area (Å²) in [7, 11) is 1.60. The maximum absolute atomic E-state index is 14.2. The summed E-state index contributed by atoms with van der Waals surface area (Å²) in [4.78, 5) is 31.7. The largest absolute Gasteiger partial charge is 0.497 e. The Kier molecular flexibility index (Phi) is 5.23. The molecule has 0 atom stereocenters. The van der Waals surface area contributed by atoms with E-state index in [-0.39, 0.29) is 11.8 Å². The predicted octanol–water partition coefficient (Wildman–Crippen LogP) is 5.91. The van der Waals surface area contributed by atoms with E-state index in [4.69, 9.17) is 4.74 Å². The summed E-state index contributed by atoms with van der Waals surface area (Å²) in [5.74, 6) is 0.336. The van der Waals surface area contributed by atoms with Gasteiger partial charge in [-0.2, -0.15) is 0 Å². The maximum Gasteiger partial charge on any atom is 0.265 e. The Morgan fingerprint density at radius 2 is 0.889 bits per heavy atom. The molecule has 5 heteroatoms. The fourth-order valence-corrected chi connectivity index (χ4v) is 4.83. The van der Waals surface area contributed by atoms with Crippen molar-refractivity contribution in [2.45, 2.75) is 0 Å². The Morgan fingerprint density at radius 3 is 1.31 bits per heavy atom. The number of carbonyl (C=O) groups excluding carboxylic acids is 2. The van der Waals surface area contributed by atoms with Gasteiger partial charge in [-0.05, 0) is 47.5 Å². The molecule has 2 heterocycles. The Morgan fingerprint density at radius 1 is 0.500 bits per heavy atom. The van der Waals surface area contributed by atoms with Gasteiger partial charge in [-0.1, -0.05) is 78.9 Å². The smallest absolute Gasteiger partial charge is 0.265 e. The van der Waals surface area contributed by atoms with E-state index in [1.54, 1.807) is 16.9 Å². The summed E-state index contributed by atoms with van der Waals surface area (Å²) in [5.41, 5.74) is 5.05. The molecule has 0 saturated carbocycles. The van der Waals surface area contributed by atoms with Crippen molar-refractivity contribution in [2.24, 2.45) is 0 Å². The Labute approximate surface area is 209 Å². The molecular formula is C31H22N2O3. The first-order valence-corrected chi connectivity index (χ1v) is 11.7. The van der Waals surface area contributed by atoms with Gasteiger partial charge in [0.1, 0.15) is 5.75 Å². The molecule has 0 radical (unpaired) electrons. The van der Waals surface area contributed by atoms with Crippen molar-refractivity contribution in [3.05, 3.63) is 138 Å². The predicted molar refractivity (Wildman–Crippen MR) is 141 cm³/mol. The average Bonchev–Trinajstić information content (AvgIpc) is 3.38. The summed E-state index contributed by atoms with van der Waals surface area (Å²) in [6, 6.07) is 35.8. The lowest BCUT2D eigenvalue weighted by molar-refractivity contribution is -0.112. The van der Waals surface area contributed by atoms with E-state index in [2.05, 4.69) is 0 Å². The molecule has 0 fully saturated rings. The molecule has 4 aromatic rings. The molecule has 0 saturated heterocycles. The van der Waals surface area contributed by atoms with E-state index in [0.29, 0.717) is 39.7 Å². The third-order valence-corrected chi connectivity index (χ3v) is 6.45. The molecule has 2 aliphatic heterocycles. The van der Waals surface area contributed by atoms with E-state index >= 15 is 0 Å². The molecule has 5 nitrogen and oxygen atoms in total. The first kappa shape index (κ1) is 21.6. The SMILES string of the molecule is COc1ccc(N2C(=O)C(c3ccccc3)=C3C2=C(c2ccccc2)C(=O)N3c2ccccc2)cc1. The number of anilines is 2. The molecular weight excluding hydrogens is 448 g/mol. The summed E-state index contributed by atoms with van der Waals surface area (Å²) in [6.45, 7) is 0. The third kappa shape index (κ3) is 3.33. The fourth-order valence-electron chi connectivity index (χ4n) is 4.83. The zero-order valence-corrected chi connectivity index (χ0v) is 19.6. The fraction of sp³-hybridized carbons (Fsp3) is 0.0323. The number of amides is 2. The first-order valence-electron chi connectivity index (χ1n) is 11.7. The second-order valence-corrected chi connectivity index (χ2v) is 8.49. The number of ether oxygens (including phenoxy) is 1. The number of para-hydroxylation sites is 1. The van der Waals surface area contributed by atoms with Crippen LogP contribution in [0.15, 0.2) is 127 Å². The lowest BCUT2D eigenvalue weighted by atomic mass is 10.0. The van der Waals surface area contributed by atoms with Gasteiger partial charge in [0.25, 0.3) is 11.8 Å². The highest BCUT2D eigenvalue weighted by molar-refractivity contribution is 6.43. The molecule has 0 aromatic heterocycles. The number of fused-ring (bicyclic) bond motifs is 1. The topological polar surface area (TPSA) is 49.9 Å². The molecule has 6 rings (SSSR count). The van der Waals surface area contributed by atoms with Gasteiger partial charge < -0.3 is 4.74 Å². The van der Waals surface area contributed by atoms with E-state index in [1.165, 1.54) is 0 Å². The molecule has 0 unspecified atom stereocenters. The molecule has 4 aromatic carbocycles. The van der Waals surface area contributed by atoms with Gasteiger partial charge >= 0.3 is 0 Å². The van der Waals surface area contributed by atoms with Crippen LogP contribution < -0.4 is 14.5 Å². The van der Waals surface area contributed by atoms with Crippen LogP contribution in [0.25, 0.3) is 11.1 Å². The highest BCUT2D eigenvalue weighted by Gasteiger charge is 2.49. The van der Waals surface area contributed by atoms with E-state index < -0.39 is 0 Å². The Hall–Kier alpha value is -4.90. The van der Waals surface area contributed by atoms with E-state index in [9.17, 15) is 9.59 Å². The van der Waals surface area contributed by atoms with Gasteiger partial charge in [0, 0.05) is 11.4 Å². The summed E-state index contributed by atoms with van der Waals surface area (Å²) >= 11 is 0. The van der Waals surface area contributed by atoms with E-state index in [1.807, 2.05) is 115 Å². The van der Waals surface area contributed by atoms with Crippen molar-refractivity contribution in [2.75, 3.05) is 16.9 Å². The van der Waals surface area contributed by atoms with Crippen molar-refractivity contribution in [1.82, 2.24) is 0 Å². The van der Waals surface area contributed by atoms with Gasteiger partial charge in [-0.25, -0.2) is 0 Å². The maximum atomic E-state index is 14.2. The second-order valence-electron chi connectivity index (χ2n) is 8.49. The number of hydrogen-bond donors (Lipinski definition) is 0. The minimum Gasteiger partial charge on any atom is -0.497 e. The zero-order valence-electron chi connectivity index (χ0n) is 19.6. The first-order chi connectivity index (χ1) is 17.7. The number of methoxy groups -OCH3 is 1. The molecule has 174 valence electrons. The Bertz CT molecular complexity index is 1520. The Balaban J connectivity index is 1.67. The molecule has 0 spiro atoms. The van der Waals surface area contributed by atoms with Crippen molar-refractivity contribution >= 4 is 34.3 Å². The van der Waals surface area contributed by atoms with Crippen molar-refractivity contribution in [3.63, 3.8) is 0 Å². The van der Waals surface area contributed by atoms with Gasteiger partial charge in [-0.3, -0.25) is 19.4 Å². The highest BCUT2D eigenvalue weighted by Crippen LogP contribution is 2.50.